The van der Waals surface area contributed by atoms with Gasteiger partial charge in [0.05, 0.1) is 31.8 Å². The summed E-state index contributed by atoms with van der Waals surface area (Å²) in [5, 5.41) is 6.98. The van der Waals surface area contributed by atoms with Crippen molar-refractivity contribution < 1.29 is 9.59 Å². The Kier molecular flexibility index (Phi) is 5.03. The van der Waals surface area contributed by atoms with E-state index in [0.29, 0.717) is 12.2 Å². The molecule has 156 valence electrons. The van der Waals surface area contributed by atoms with Gasteiger partial charge in [-0.05, 0) is 44.2 Å². The maximum absolute atomic E-state index is 12.8. The largest absolute Gasteiger partial charge is 0.326 e. The molecule has 1 unspecified atom stereocenters. The first-order valence-electron chi connectivity index (χ1n) is 9.97. The highest BCUT2D eigenvalue weighted by Gasteiger charge is 2.35. The van der Waals surface area contributed by atoms with Gasteiger partial charge < -0.3 is 10.2 Å². The molecule has 1 saturated heterocycles. The number of fused-ring (bicyclic) bond motifs is 1. The van der Waals surface area contributed by atoms with E-state index in [1.165, 1.54) is 0 Å². The normalized spacial score (nSPS) is 16.3. The molecule has 3 heterocycles. The lowest BCUT2D eigenvalue weighted by molar-refractivity contribution is -0.122. The van der Waals surface area contributed by atoms with E-state index in [0.717, 1.165) is 37.2 Å². The fourth-order valence-electron chi connectivity index (χ4n) is 3.80. The molecule has 0 radical (unpaired) electrons. The number of thiazole rings is 2. The van der Waals surface area contributed by atoms with Gasteiger partial charge in [-0.1, -0.05) is 12.1 Å². The summed E-state index contributed by atoms with van der Waals surface area (Å²) < 4.78 is 1.10. The number of carbonyl (C=O) groups excluding carboxylic acids is 2. The van der Waals surface area contributed by atoms with Gasteiger partial charge >= 0.3 is 0 Å². The van der Waals surface area contributed by atoms with Crippen molar-refractivity contribution in [3.05, 3.63) is 57.9 Å². The molecule has 6 nitrogen and oxygen atoms in total. The monoisotopic (exact) mass is 448 g/mol. The van der Waals surface area contributed by atoms with Gasteiger partial charge in [0.15, 0.2) is 0 Å². The molecule has 2 amide bonds. The van der Waals surface area contributed by atoms with Crippen LogP contribution in [0.1, 0.15) is 16.4 Å². The molecule has 8 heteroatoms. The zero-order valence-corrected chi connectivity index (χ0v) is 18.7. The van der Waals surface area contributed by atoms with Gasteiger partial charge in [-0.3, -0.25) is 9.59 Å². The number of amides is 2. The average Bonchev–Trinajstić information content (AvgIpc) is 3.45. The lowest BCUT2D eigenvalue weighted by Crippen LogP contribution is -2.28. The van der Waals surface area contributed by atoms with Crippen molar-refractivity contribution in [3.63, 3.8) is 0 Å². The van der Waals surface area contributed by atoms with Crippen LogP contribution in [0.4, 0.5) is 11.4 Å². The quantitative estimate of drug-likeness (QED) is 0.475. The van der Waals surface area contributed by atoms with Gasteiger partial charge in [0, 0.05) is 35.3 Å². The molecule has 0 bridgehead atoms. The SMILES string of the molecule is Cc1nc(-c2ccc(NC(=O)C3CC(=O)N(c4ccc5sc(C)nc5c4)C3)cc2)cs1. The first-order chi connectivity index (χ1) is 15.0. The van der Waals surface area contributed by atoms with Crippen LogP contribution in [0, 0.1) is 19.8 Å². The van der Waals surface area contributed by atoms with Crippen LogP contribution in [0.5, 0.6) is 0 Å². The molecule has 1 aliphatic heterocycles. The van der Waals surface area contributed by atoms with E-state index in [1.807, 2.05) is 61.7 Å². The zero-order chi connectivity index (χ0) is 21.5. The highest BCUT2D eigenvalue weighted by atomic mass is 32.1. The number of carbonyl (C=O) groups is 2. The summed E-state index contributed by atoms with van der Waals surface area (Å²) in [5.41, 5.74) is 4.34. The second kappa shape index (κ2) is 7.86. The summed E-state index contributed by atoms with van der Waals surface area (Å²) >= 11 is 3.24. The number of nitrogens with zero attached hydrogens (tertiary/aromatic N) is 3. The van der Waals surface area contributed by atoms with E-state index in [-0.39, 0.29) is 24.2 Å². The number of anilines is 2. The Morgan fingerprint density at radius 2 is 1.90 bits per heavy atom. The summed E-state index contributed by atoms with van der Waals surface area (Å²) in [6.45, 7) is 4.32. The van der Waals surface area contributed by atoms with Crippen molar-refractivity contribution in [2.24, 2.45) is 5.92 Å². The van der Waals surface area contributed by atoms with Crippen LogP contribution < -0.4 is 10.2 Å². The lowest BCUT2D eigenvalue weighted by atomic mass is 10.1. The van der Waals surface area contributed by atoms with Gasteiger partial charge in [-0.25, -0.2) is 9.97 Å². The summed E-state index contributed by atoms with van der Waals surface area (Å²) in [7, 11) is 0. The van der Waals surface area contributed by atoms with Crippen LogP contribution in [-0.2, 0) is 9.59 Å². The van der Waals surface area contributed by atoms with Crippen LogP contribution >= 0.6 is 22.7 Å². The molecule has 1 aliphatic rings. The number of aryl methyl sites for hydroxylation is 2. The average molecular weight is 449 g/mol. The molecule has 1 N–H and O–H groups in total. The summed E-state index contributed by atoms with van der Waals surface area (Å²) in [6, 6.07) is 13.5. The van der Waals surface area contributed by atoms with E-state index >= 15 is 0 Å². The predicted molar refractivity (Wildman–Crippen MR) is 126 cm³/mol. The maximum Gasteiger partial charge on any atom is 0.229 e. The Morgan fingerprint density at radius 3 is 2.65 bits per heavy atom. The maximum atomic E-state index is 12.8. The van der Waals surface area contributed by atoms with E-state index < -0.39 is 0 Å². The molecular formula is C23H20N4O2S2. The second-order valence-corrected chi connectivity index (χ2v) is 9.91. The van der Waals surface area contributed by atoms with Gasteiger partial charge in [0.25, 0.3) is 0 Å². The molecule has 1 atom stereocenters. The van der Waals surface area contributed by atoms with E-state index in [1.54, 1.807) is 27.6 Å². The van der Waals surface area contributed by atoms with Gasteiger partial charge in [-0.2, -0.15) is 0 Å². The van der Waals surface area contributed by atoms with E-state index in [9.17, 15) is 9.59 Å². The molecule has 1 fully saturated rings. The van der Waals surface area contributed by atoms with Crippen molar-refractivity contribution in [3.8, 4) is 11.3 Å². The van der Waals surface area contributed by atoms with E-state index in [2.05, 4.69) is 15.3 Å². The molecule has 2 aromatic carbocycles. The van der Waals surface area contributed by atoms with Gasteiger partial charge in [-0.15, -0.1) is 22.7 Å². The standard InChI is InChI=1S/C23H20N4O2S2/c1-13-24-20(12-30-13)15-3-5-17(6-4-15)26-23(29)16-9-22(28)27(11-16)18-7-8-21-19(10-18)25-14(2)31-21/h3-8,10,12,16H,9,11H2,1-2H3,(H,26,29). The highest BCUT2D eigenvalue weighted by molar-refractivity contribution is 7.18. The number of nitrogens with one attached hydrogen (secondary N) is 1. The summed E-state index contributed by atoms with van der Waals surface area (Å²) in [5.74, 6) is -0.569. The van der Waals surface area contributed by atoms with Crippen molar-refractivity contribution >= 4 is 56.1 Å². The Bertz CT molecular complexity index is 1290. The van der Waals surface area contributed by atoms with Crippen LogP contribution in [0.25, 0.3) is 21.5 Å². The first kappa shape index (κ1) is 19.8. The summed E-state index contributed by atoms with van der Waals surface area (Å²) in [4.78, 5) is 36.1. The Labute approximate surface area is 187 Å². The van der Waals surface area contributed by atoms with Crippen molar-refractivity contribution in [1.82, 2.24) is 9.97 Å². The topological polar surface area (TPSA) is 75.2 Å². The fourth-order valence-corrected chi connectivity index (χ4v) is 5.23. The highest BCUT2D eigenvalue weighted by Crippen LogP contribution is 2.31. The first-order valence-corrected chi connectivity index (χ1v) is 11.7. The Morgan fingerprint density at radius 1 is 1.10 bits per heavy atom. The van der Waals surface area contributed by atoms with Gasteiger partial charge in [0.1, 0.15) is 0 Å². The Hall–Kier alpha value is -3.10. The summed E-state index contributed by atoms with van der Waals surface area (Å²) in [6.07, 6.45) is 0.205. The third-order valence-corrected chi connectivity index (χ3v) is 7.08. The van der Waals surface area contributed by atoms with Crippen molar-refractivity contribution in [2.45, 2.75) is 20.3 Å². The second-order valence-electron chi connectivity index (χ2n) is 7.61. The van der Waals surface area contributed by atoms with Crippen LogP contribution in [0.3, 0.4) is 0 Å². The van der Waals surface area contributed by atoms with Crippen LogP contribution in [0.15, 0.2) is 47.8 Å². The van der Waals surface area contributed by atoms with Crippen molar-refractivity contribution in [2.75, 3.05) is 16.8 Å². The molecule has 4 aromatic rings. The number of aromatic nitrogens is 2. The van der Waals surface area contributed by atoms with Crippen molar-refractivity contribution in [1.29, 1.82) is 0 Å². The molecule has 2 aromatic heterocycles. The van der Waals surface area contributed by atoms with Gasteiger partial charge in [0.2, 0.25) is 11.8 Å². The fraction of sp³-hybridized carbons (Fsp3) is 0.217. The zero-order valence-electron chi connectivity index (χ0n) is 17.1. The minimum absolute atomic E-state index is 0.0410. The van der Waals surface area contributed by atoms with E-state index in [4.69, 9.17) is 0 Å². The molecular weight excluding hydrogens is 428 g/mol. The molecule has 31 heavy (non-hydrogen) atoms. The predicted octanol–water partition coefficient (Wildman–Crippen LogP) is 5.03. The lowest BCUT2D eigenvalue weighted by Gasteiger charge is -2.16. The number of hydrogen-bond acceptors (Lipinski definition) is 6. The minimum atomic E-state index is -0.388. The third kappa shape index (κ3) is 3.96. The number of rotatable bonds is 4. The molecule has 5 rings (SSSR count). The molecule has 0 saturated carbocycles. The Balaban J connectivity index is 1.27. The third-order valence-electron chi connectivity index (χ3n) is 5.35. The van der Waals surface area contributed by atoms with Crippen LogP contribution in [0.2, 0.25) is 0 Å². The molecule has 0 spiro atoms. The smallest absolute Gasteiger partial charge is 0.229 e. The number of benzene rings is 2. The minimum Gasteiger partial charge on any atom is -0.326 e. The molecule has 0 aliphatic carbocycles. The van der Waals surface area contributed by atoms with Crippen LogP contribution in [-0.4, -0.2) is 28.3 Å². The number of hydrogen-bond donors (Lipinski definition) is 1.